The zero-order valence-electron chi connectivity index (χ0n) is 13.6. The molecule has 0 fully saturated rings. The van der Waals surface area contributed by atoms with Crippen LogP contribution in [0.4, 0.5) is 5.69 Å². The molecule has 0 saturated carbocycles. The van der Waals surface area contributed by atoms with Crippen LogP contribution < -0.4 is 5.32 Å². The number of esters is 1. The predicted molar refractivity (Wildman–Crippen MR) is 101 cm³/mol. The molecule has 0 aliphatic rings. The summed E-state index contributed by atoms with van der Waals surface area (Å²) in [4.78, 5) is 23.7. The second-order valence-electron chi connectivity index (χ2n) is 5.17. The van der Waals surface area contributed by atoms with Crippen LogP contribution in [-0.4, -0.2) is 18.5 Å². The largest absolute Gasteiger partial charge is 0.462 e. The predicted octanol–water partition coefficient (Wildman–Crippen LogP) is 5.21. The number of rotatable bonds is 6. The number of amides is 1. The summed E-state index contributed by atoms with van der Waals surface area (Å²) in [6.07, 6.45) is 3.66. The number of ether oxygens (including phenoxy) is 1. The van der Waals surface area contributed by atoms with Crippen molar-refractivity contribution >= 4 is 46.8 Å². The molecule has 0 aliphatic carbocycles. The Labute approximate surface area is 156 Å². The molecular formula is C19H17Cl2NO3. The quantitative estimate of drug-likeness (QED) is 0.554. The summed E-state index contributed by atoms with van der Waals surface area (Å²) < 4.78 is 5.05. The lowest BCUT2D eigenvalue weighted by molar-refractivity contribution is -0.111. The first-order valence-corrected chi connectivity index (χ1v) is 8.47. The highest BCUT2D eigenvalue weighted by atomic mass is 35.5. The highest BCUT2D eigenvalue weighted by molar-refractivity contribution is 6.37. The third-order valence-corrected chi connectivity index (χ3v) is 3.89. The van der Waals surface area contributed by atoms with E-state index >= 15 is 0 Å². The van der Waals surface area contributed by atoms with E-state index < -0.39 is 0 Å². The van der Waals surface area contributed by atoms with Crippen molar-refractivity contribution in [2.24, 2.45) is 0 Å². The van der Waals surface area contributed by atoms with Gasteiger partial charge in [-0.1, -0.05) is 36.2 Å². The molecule has 1 N–H and O–H groups in total. The van der Waals surface area contributed by atoms with Crippen LogP contribution in [0, 0.1) is 0 Å². The Morgan fingerprint density at radius 1 is 1.08 bits per heavy atom. The van der Waals surface area contributed by atoms with Gasteiger partial charge in [-0.05, 0) is 48.9 Å². The second kappa shape index (κ2) is 9.25. The van der Waals surface area contributed by atoms with Gasteiger partial charge in [-0.2, -0.15) is 0 Å². The lowest BCUT2D eigenvalue weighted by Gasteiger charge is -2.05. The first kappa shape index (κ1) is 19.0. The third-order valence-electron chi connectivity index (χ3n) is 3.23. The standard InChI is InChI=1S/C19H17Cl2NO3/c1-2-12-25-19(24)13-6-8-14(9-7-13)22-18(23)11-10-15-16(20)4-3-5-17(15)21/h3-11H,2,12H2,1H3,(H,22,23)/b11-10+. The average Bonchev–Trinajstić information content (AvgIpc) is 2.60. The molecule has 0 saturated heterocycles. The lowest BCUT2D eigenvalue weighted by atomic mass is 10.2. The fraction of sp³-hybridized carbons (Fsp3) is 0.158. The maximum Gasteiger partial charge on any atom is 0.338 e. The number of benzene rings is 2. The van der Waals surface area contributed by atoms with E-state index in [0.29, 0.717) is 33.5 Å². The number of hydrogen-bond acceptors (Lipinski definition) is 3. The molecule has 0 bridgehead atoms. The van der Waals surface area contributed by atoms with E-state index in [9.17, 15) is 9.59 Å². The van der Waals surface area contributed by atoms with E-state index in [-0.39, 0.29) is 11.9 Å². The fourth-order valence-electron chi connectivity index (χ4n) is 1.98. The van der Waals surface area contributed by atoms with E-state index in [1.807, 2.05) is 6.92 Å². The van der Waals surface area contributed by atoms with E-state index in [1.54, 1.807) is 48.5 Å². The van der Waals surface area contributed by atoms with E-state index in [4.69, 9.17) is 27.9 Å². The number of nitrogens with one attached hydrogen (secondary N) is 1. The van der Waals surface area contributed by atoms with Crippen molar-refractivity contribution in [1.29, 1.82) is 0 Å². The zero-order valence-corrected chi connectivity index (χ0v) is 15.1. The van der Waals surface area contributed by atoms with E-state index in [1.165, 1.54) is 6.08 Å². The van der Waals surface area contributed by atoms with Gasteiger partial charge < -0.3 is 10.1 Å². The molecule has 6 heteroatoms. The minimum absolute atomic E-state index is 0.336. The molecule has 2 aromatic rings. The third kappa shape index (κ3) is 5.62. The molecule has 0 radical (unpaired) electrons. The summed E-state index contributed by atoms with van der Waals surface area (Å²) in [7, 11) is 0. The minimum atomic E-state index is -0.381. The van der Waals surface area contributed by atoms with Crippen LogP contribution in [0.1, 0.15) is 29.3 Å². The van der Waals surface area contributed by atoms with Crippen LogP contribution in [0.15, 0.2) is 48.5 Å². The first-order chi connectivity index (χ1) is 12.0. The number of carbonyl (C=O) groups is 2. The zero-order chi connectivity index (χ0) is 18.2. The highest BCUT2D eigenvalue weighted by Crippen LogP contribution is 2.25. The summed E-state index contributed by atoms with van der Waals surface area (Å²) in [5.41, 5.74) is 1.58. The Balaban J connectivity index is 1.99. The molecule has 25 heavy (non-hydrogen) atoms. The maximum atomic E-state index is 12.0. The smallest absolute Gasteiger partial charge is 0.338 e. The number of hydrogen-bond donors (Lipinski definition) is 1. The number of carbonyl (C=O) groups excluding carboxylic acids is 2. The molecule has 0 unspecified atom stereocenters. The van der Waals surface area contributed by atoms with Gasteiger partial charge in [-0.25, -0.2) is 4.79 Å². The van der Waals surface area contributed by atoms with Crippen LogP contribution >= 0.6 is 23.2 Å². The van der Waals surface area contributed by atoms with Crippen molar-refractivity contribution in [1.82, 2.24) is 0 Å². The van der Waals surface area contributed by atoms with Gasteiger partial charge in [-0.15, -0.1) is 0 Å². The molecule has 2 rings (SSSR count). The number of halogens is 2. The SMILES string of the molecule is CCCOC(=O)c1ccc(NC(=O)/C=C/c2c(Cl)cccc2Cl)cc1. The summed E-state index contributed by atoms with van der Waals surface area (Å²) in [5.74, 6) is -0.717. The van der Waals surface area contributed by atoms with E-state index in [0.717, 1.165) is 6.42 Å². The van der Waals surface area contributed by atoms with Crippen molar-refractivity contribution in [2.45, 2.75) is 13.3 Å². The fourth-order valence-corrected chi connectivity index (χ4v) is 2.50. The van der Waals surface area contributed by atoms with Crippen molar-refractivity contribution in [3.63, 3.8) is 0 Å². The summed E-state index contributed by atoms with van der Waals surface area (Å²) >= 11 is 12.1. The van der Waals surface area contributed by atoms with Crippen LogP contribution in [-0.2, 0) is 9.53 Å². The summed E-state index contributed by atoms with van der Waals surface area (Å²) in [5, 5.41) is 3.63. The molecule has 0 spiro atoms. The van der Waals surface area contributed by atoms with Crippen LogP contribution in [0.25, 0.3) is 6.08 Å². The van der Waals surface area contributed by atoms with Crippen molar-refractivity contribution in [3.8, 4) is 0 Å². The molecule has 1 amide bonds. The van der Waals surface area contributed by atoms with Gasteiger partial charge >= 0.3 is 5.97 Å². The Bertz CT molecular complexity index is 766. The van der Waals surface area contributed by atoms with Crippen LogP contribution in [0.2, 0.25) is 10.0 Å². The Morgan fingerprint density at radius 3 is 2.32 bits per heavy atom. The second-order valence-corrected chi connectivity index (χ2v) is 5.99. The van der Waals surface area contributed by atoms with Crippen LogP contribution in [0.3, 0.4) is 0 Å². The normalized spacial score (nSPS) is 10.7. The summed E-state index contributed by atoms with van der Waals surface area (Å²) in [6, 6.07) is 11.6. The monoisotopic (exact) mass is 377 g/mol. The average molecular weight is 378 g/mol. The van der Waals surface area contributed by atoms with E-state index in [2.05, 4.69) is 5.32 Å². The van der Waals surface area contributed by atoms with Crippen molar-refractivity contribution < 1.29 is 14.3 Å². The minimum Gasteiger partial charge on any atom is -0.462 e. The highest BCUT2D eigenvalue weighted by Gasteiger charge is 2.07. The topological polar surface area (TPSA) is 55.4 Å². The first-order valence-electron chi connectivity index (χ1n) is 7.71. The molecule has 130 valence electrons. The van der Waals surface area contributed by atoms with Gasteiger partial charge in [0.05, 0.1) is 12.2 Å². The van der Waals surface area contributed by atoms with Gasteiger partial charge in [0, 0.05) is 27.4 Å². The Morgan fingerprint density at radius 2 is 1.72 bits per heavy atom. The molecule has 0 aliphatic heterocycles. The van der Waals surface area contributed by atoms with Gasteiger partial charge in [0.2, 0.25) is 5.91 Å². The van der Waals surface area contributed by atoms with Gasteiger partial charge in [0.15, 0.2) is 0 Å². The molecule has 0 atom stereocenters. The molecule has 0 heterocycles. The van der Waals surface area contributed by atoms with Gasteiger partial charge in [-0.3, -0.25) is 4.79 Å². The maximum absolute atomic E-state index is 12.0. The Hall–Kier alpha value is -2.30. The molecule has 2 aromatic carbocycles. The van der Waals surface area contributed by atoms with Gasteiger partial charge in [0.1, 0.15) is 0 Å². The molecular weight excluding hydrogens is 361 g/mol. The number of anilines is 1. The molecule has 4 nitrogen and oxygen atoms in total. The Kier molecular flexibility index (Phi) is 7.04. The summed E-state index contributed by atoms with van der Waals surface area (Å²) in [6.45, 7) is 2.31. The molecule has 0 aromatic heterocycles. The van der Waals surface area contributed by atoms with Crippen molar-refractivity contribution in [3.05, 3.63) is 69.7 Å². The van der Waals surface area contributed by atoms with Gasteiger partial charge in [0.25, 0.3) is 0 Å². The van der Waals surface area contributed by atoms with Crippen LogP contribution in [0.5, 0.6) is 0 Å². The lowest BCUT2D eigenvalue weighted by Crippen LogP contribution is -2.09. The van der Waals surface area contributed by atoms with Crippen molar-refractivity contribution in [2.75, 3.05) is 11.9 Å².